The van der Waals surface area contributed by atoms with Gasteiger partial charge in [-0.25, -0.2) is 18.7 Å². The first-order chi connectivity index (χ1) is 28.3. The zero-order chi connectivity index (χ0) is 44.9. The summed E-state index contributed by atoms with van der Waals surface area (Å²) in [5.41, 5.74) is -3.15. The minimum absolute atomic E-state index is 0.0221. The maximum atomic E-state index is 14.8. The molecule has 1 aromatic carbocycles. The van der Waals surface area contributed by atoms with E-state index in [4.69, 9.17) is 23.4 Å². The highest BCUT2D eigenvalue weighted by Gasteiger charge is 2.62. The number of methoxy groups -OCH3 is 1. The molecular formula is C41H58N8O10S2. The topological polar surface area (TPSA) is 229 Å². The predicted octanol–water partition coefficient (Wildman–Crippen LogP) is 5.08. The number of amides is 4. The molecule has 3 heterocycles. The number of hydrogen-bond acceptors (Lipinski definition) is 15. The molecule has 334 valence electrons. The van der Waals surface area contributed by atoms with Crippen molar-refractivity contribution in [2.24, 2.45) is 11.3 Å². The lowest BCUT2D eigenvalue weighted by Crippen LogP contribution is -2.60. The molecule has 2 saturated carbocycles. The number of hydrogen-bond donors (Lipinski definition) is 4. The number of nitrogens with zero attached hydrogens (tertiary/aromatic N) is 4. The van der Waals surface area contributed by atoms with Crippen molar-refractivity contribution in [3.8, 4) is 22.2 Å². The van der Waals surface area contributed by atoms with Gasteiger partial charge in [-0.3, -0.25) is 14.4 Å². The molecule has 2 aliphatic carbocycles. The second-order valence-electron chi connectivity index (χ2n) is 18.7. The van der Waals surface area contributed by atoms with Gasteiger partial charge in [0.05, 0.1) is 24.8 Å². The Labute approximate surface area is 360 Å². The van der Waals surface area contributed by atoms with Gasteiger partial charge in [0.1, 0.15) is 46.5 Å². The monoisotopic (exact) mass is 886 g/mol. The standard InChI is InChI=1S/C41H58N8O10S2/c1-12-23-20-41(23,35(52)48-61(54,55)59-40(10)15-16-40)45-32(50)29-18-25(21-49(29)34(51)31(38(4,5)6)44-37(53)58-39(7,8)9)57-30-19-28(33-46-47-36(60-33)42-22(2)3)43-27-17-24(56-11)13-14-26(27)30/h13-14,17,19,22-23,25,29,31H,12,15-16,18,20-21H2,1-11H3,(H,42,47)(H,44,53)(H,45,50)(H,48,52)/t23-,25-,29+,31-,41-/m1/s1. The third kappa shape index (κ3) is 10.8. The third-order valence-electron chi connectivity index (χ3n) is 10.8. The third-order valence-corrected chi connectivity index (χ3v) is 12.7. The molecule has 0 radical (unpaired) electrons. The fourth-order valence-corrected chi connectivity index (χ4v) is 9.30. The van der Waals surface area contributed by atoms with Crippen molar-refractivity contribution in [2.45, 2.75) is 142 Å². The summed E-state index contributed by atoms with van der Waals surface area (Å²) in [7, 11) is -2.94. The summed E-state index contributed by atoms with van der Waals surface area (Å²) in [5.74, 6) is -1.61. The van der Waals surface area contributed by atoms with Crippen molar-refractivity contribution in [1.82, 2.24) is 35.4 Å². The van der Waals surface area contributed by atoms with Crippen LogP contribution in [-0.4, -0.2) is 107 Å². The van der Waals surface area contributed by atoms with Gasteiger partial charge in [0.25, 0.3) is 5.91 Å². The van der Waals surface area contributed by atoms with Crippen LogP contribution in [-0.2, 0) is 33.6 Å². The van der Waals surface area contributed by atoms with E-state index in [1.54, 1.807) is 79.8 Å². The highest BCUT2D eigenvalue weighted by molar-refractivity contribution is 7.85. The smallest absolute Gasteiger partial charge is 0.408 e. The van der Waals surface area contributed by atoms with Gasteiger partial charge >= 0.3 is 16.4 Å². The van der Waals surface area contributed by atoms with Crippen LogP contribution in [0.1, 0.15) is 101 Å². The summed E-state index contributed by atoms with van der Waals surface area (Å²) >= 11 is 1.32. The first-order valence-corrected chi connectivity index (χ1v) is 22.7. The Morgan fingerprint density at radius 2 is 1.75 bits per heavy atom. The van der Waals surface area contributed by atoms with E-state index in [1.807, 2.05) is 25.5 Å². The van der Waals surface area contributed by atoms with Gasteiger partial charge in [0.2, 0.25) is 16.9 Å². The zero-order valence-corrected chi connectivity index (χ0v) is 38.3. The summed E-state index contributed by atoms with van der Waals surface area (Å²) in [6.07, 6.45) is 0.0697. The Hall–Kier alpha value is -4.82. The maximum Gasteiger partial charge on any atom is 0.408 e. The summed E-state index contributed by atoms with van der Waals surface area (Å²) in [6, 6.07) is 4.83. The van der Waals surface area contributed by atoms with Crippen LogP contribution < -0.4 is 30.1 Å². The van der Waals surface area contributed by atoms with Crippen molar-refractivity contribution < 1.29 is 46.0 Å². The minimum Gasteiger partial charge on any atom is -0.497 e. The lowest BCUT2D eigenvalue weighted by Gasteiger charge is -2.36. The zero-order valence-electron chi connectivity index (χ0n) is 36.6. The molecule has 3 aliphatic rings. The van der Waals surface area contributed by atoms with Gasteiger partial charge in [-0.05, 0) is 84.3 Å². The Morgan fingerprint density at radius 1 is 1.05 bits per heavy atom. The molecule has 0 spiro atoms. The fourth-order valence-electron chi connectivity index (χ4n) is 7.30. The second kappa shape index (κ2) is 16.8. The Morgan fingerprint density at radius 3 is 2.34 bits per heavy atom. The molecule has 4 amide bonds. The highest BCUT2D eigenvalue weighted by Crippen LogP contribution is 2.47. The summed E-state index contributed by atoms with van der Waals surface area (Å²) in [5, 5.41) is 19.2. The van der Waals surface area contributed by atoms with E-state index in [-0.39, 0.29) is 31.3 Å². The number of aromatic nitrogens is 3. The van der Waals surface area contributed by atoms with E-state index in [9.17, 15) is 27.6 Å². The molecular weight excluding hydrogens is 829 g/mol. The number of carbonyl (C=O) groups is 4. The van der Waals surface area contributed by atoms with E-state index in [1.165, 1.54) is 16.2 Å². The fraction of sp³-hybridized carbons (Fsp3) is 0.634. The summed E-state index contributed by atoms with van der Waals surface area (Å²) in [6.45, 7) is 17.8. The lowest BCUT2D eigenvalue weighted by atomic mass is 9.85. The van der Waals surface area contributed by atoms with Gasteiger partial charge in [-0.2, -0.15) is 8.42 Å². The summed E-state index contributed by atoms with van der Waals surface area (Å²) in [4.78, 5) is 62.4. The van der Waals surface area contributed by atoms with Crippen LogP contribution in [0, 0.1) is 11.3 Å². The number of likely N-dealkylation sites (tertiary alicyclic amines) is 1. The number of alkyl carbamates (subject to hydrolysis) is 1. The van der Waals surface area contributed by atoms with E-state index in [0.29, 0.717) is 57.5 Å². The normalized spacial score (nSPS) is 22.6. The van der Waals surface area contributed by atoms with Gasteiger partial charge in [0.15, 0.2) is 5.01 Å². The number of carbonyl (C=O) groups excluding carboxylic acids is 4. The molecule has 0 bridgehead atoms. The molecule has 6 rings (SSSR count). The lowest BCUT2D eigenvalue weighted by molar-refractivity contribution is -0.143. The maximum absolute atomic E-state index is 14.8. The largest absolute Gasteiger partial charge is 0.497 e. The van der Waals surface area contributed by atoms with Crippen LogP contribution in [0.15, 0.2) is 24.3 Å². The average Bonchev–Trinajstić information content (AvgIpc) is 3.91. The van der Waals surface area contributed by atoms with Gasteiger partial charge in [-0.15, -0.1) is 10.2 Å². The van der Waals surface area contributed by atoms with Gasteiger partial charge < -0.3 is 35.1 Å². The van der Waals surface area contributed by atoms with Gasteiger partial charge in [0, 0.05) is 30.0 Å². The second-order valence-corrected chi connectivity index (χ2v) is 21.0. The molecule has 1 saturated heterocycles. The molecule has 0 unspecified atom stereocenters. The van der Waals surface area contributed by atoms with Crippen LogP contribution in [0.2, 0.25) is 0 Å². The van der Waals surface area contributed by atoms with Crippen molar-refractivity contribution in [3.05, 3.63) is 24.3 Å². The van der Waals surface area contributed by atoms with E-state index >= 15 is 0 Å². The Kier molecular flexibility index (Phi) is 12.6. The first-order valence-electron chi connectivity index (χ1n) is 20.5. The number of nitrogens with one attached hydrogen (secondary N) is 4. The van der Waals surface area contributed by atoms with Crippen LogP contribution >= 0.6 is 11.3 Å². The van der Waals surface area contributed by atoms with Crippen molar-refractivity contribution in [1.29, 1.82) is 0 Å². The molecule has 61 heavy (non-hydrogen) atoms. The highest BCUT2D eigenvalue weighted by atomic mass is 32.2. The minimum atomic E-state index is -4.49. The van der Waals surface area contributed by atoms with Crippen LogP contribution in [0.5, 0.6) is 11.5 Å². The van der Waals surface area contributed by atoms with Crippen molar-refractivity contribution in [2.75, 3.05) is 19.0 Å². The first kappa shape index (κ1) is 45.7. The SMILES string of the molecule is CC[C@@H]1C[C@]1(NC(=O)[C@@H]1C[C@@H](Oc2cc(-c3nnc(NC(C)C)s3)nc3cc(OC)ccc23)CN1C(=O)[C@@H](NC(=O)OC(C)(C)C)C(C)(C)C)C(=O)NS(=O)(=O)OC1(C)CC1. The number of pyridine rings is 1. The number of fused-ring (bicyclic) bond motifs is 1. The molecule has 4 N–H and O–H groups in total. The van der Waals surface area contributed by atoms with E-state index in [0.717, 1.165) is 0 Å². The molecule has 1 aliphatic heterocycles. The number of ether oxygens (including phenoxy) is 3. The molecule has 5 atom stereocenters. The molecule has 3 aromatic rings. The predicted molar refractivity (Wildman–Crippen MR) is 228 cm³/mol. The number of benzene rings is 1. The van der Waals surface area contributed by atoms with E-state index < -0.39 is 74.5 Å². The Balaban J connectivity index is 1.34. The van der Waals surface area contributed by atoms with Crippen LogP contribution in [0.4, 0.5) is 9.93 Å². The van der Waals surface area contributed by atoms with Crippen molar-refractivity contribution >= 4 is 61.5 Å². The van der Waals surface area contributed by atoms with Crippen molar-refractivity contribution in [3.63, 3.8) is 0 Å². The molecule has 3 fully saturated rings. The van der Waals surface area contributed by atoms with Crippen LogP contribution in [0.3, 0.4) is 0 Å². The average molecular weight is 887 g/mol. The quantitative estimate of drug-likeness (QED) is 0.156. The van der Waals surface area contributed by atoms with Crippen LogP contribution in [0.25, 0.3) is 21.6 Å². The number of rotatable bonds is 15. The van der Waals surface area contributed by atoms with E-state index in [2.05, 4.69) is 26.1 Å². The Bertz CT molecular complexity index is 2280. The summed E-state index contributed by atoms with van der Waals surface area (Å²) < 4.78 is 50.8. The van der Waals surface area contributed by atoms with Gasteiger partial charge in [-0.1, -0.05) is 45.5 Å². The number of anilines is 1. The molecule has 18 nitrogen and oxygen atoms in total. The molecule has 20 heteroatoms. The molecule has 2 aromatic heterocycles.